The molecule has 0 radical (unpaired) electrons. The zero-order valence-electron chi connectivity index (χ0n) is 10.5. The van der Waals surface area contributed by atoms with Crippen LogP contribution < -0.4 is 5.32 Å². The molecule has 3 heteroatoms. The maximum Gasteiger partial charge on any atom is 0.244 e. The Morgan fingerprint density at radius 3 is 2.56 bits per heavy atom. The van der Waals surface area contributed by atoms with Gasteiger partial charge in [-0.25, -0.2) is 0 Å². The Morgan fingerprint density at radius 2 is 2.12 bits per heavy atom. The number of amides is 1. The molecule has 1 heterocycles. The largest absolute Gasteiger partial charge is 0.325 e. The monoisotopic (exact) mass is 222 g/mol. The molecule has 3 unspecified atom stereocenters. The fraction of sp³-hybridized carbons (Fsp3) is 0.923. The van der Waals surface area contributed by atoms with Crippen LogP contribution in [-0.2, 0) is 4.79 Å². The van der Waals surface area contributed by atoms with E-state index >= 15 is 0 Å². The lowest BCUT2D eigenvalue weighted by molar-refractivity contribution is -0.131. The number of nitrogens with one attached hydrogen (secondary N) is 1. The van der Waals surface area contributed by atoms with Crippen LogP contribution >= 0.6 is 0 Å². The highest BCUT2D eigenvalue weighted by Gasteiger charge is 2.60. The molecule has 3 nitrogen and oxygen atoms in total. The summed E-state index contributed by atoms with van der Waals surface area (Å²) in [5.41, 5.74) is -0.132. The van der Waals surface area contributed by atoms with Crippen molar-refractivity contribution in [3.8, 4) is 0 Å². The molecule has 0 bridgehead atoms. The summed E-state index contributed by atoms with van der Waals surface area (Å²) >= 11 is 0. The van der Waals surface area contributed by atoms with Gasteiger partial charge in [0, 0.05) is 6.54 Å². The van der Waals surface area contributed by atoms with Crippen LogP contribution in [0.5, 0.6) is 0 Å². The summed E-state index contributed by atoms with van der Waals surface area (Å²) in [6, 6.07) is 0. The van der Waals surface area contributed by atoms with Gasteiger partial charge in [0.15, 0.2) is 0 Å². The zero-order chi connectivity index (χ0) is 11.5. The van der Waals surface area contributed by atoms with Crippen LogP contribution in [0.4, 0.5) is 0 Å². The molecule has 1 saturated heterocycles. The molecular formula is C13H22N2O. The van der Waals surface area contributed by atoms with Gasteiger partial charge in [-0.3, -0.25) is 10.1 Å². The maximum absolute atomic E-state index is 12.3. The Labute approximate surface area is 97.6 Å². The normalized spacial score (nSPS) is 39.9. The second-order valence-electron chi connectivity index (χ2n) is 6.35. The van der Waals surface area contributed by atoms with Crippen LogP contribution in [-0.4, -0.2) is 29.1 Å². The van der Waals surface area contributed by atoms with Gasteiger partial charge in [-0.2, -0.15) is 0 Å². The minimum atomic E-state index is -0.132. The fourth-order valence-electron chi connectivity index (χ4n) is 2.94. The predicted molar refractivity (Wildman–Crippen MR) is 62.7 cm³/mol. The van der Waals surface area contributed by atoms with Crippen LogP contribution in [0.15, 0.2) is 0 Å². The molecule has 90 valence electrons. The van der Waals surface area contributed by atoms with E-state index in [0.29, 0.717) is 11.8 Å². The van der Waals surface area contributed by atoms with Crippen molar-refractivity contribution in [2.24, 2.45) is 17.8 Å². The minimum Gasteiger partial charge on any atom is -0.325 e. The third-order valence-corrected chi connectivity index (χ3v) is 4.52. The van der Waals surface area contributed by atoms with Gasteiger partial charge in [-0.1, -0.05) is 20.8 Å². The number of carbonyl (C=O) groups is 1. The molecule has 2 saturated carbocycles. The van der Waals surface area contributed by atoms with E-state index in [9.17, 15) is 4.79 Å². The number of nitrogens with zero attached hydrogens (tertiary/aromatic N) is 1. The van der Waals surface area contributed by atoms with E-state index < -0.39 is 0 Å². The molecule has 1 amide bonds. The van der Waals surface area contributed by atoms with E-state index in [1.54, 1.807) is 0 Å². The molecule has 0 aromatic carbocycles. The summed E-state index contributed by atoms with van der Waals surface area (Å²) in [5, 5.41) is 3.56. The molecule has 2 aliphatic carbocycles. The molecule has 3 fully saturated rings. The lowest BCUT2D eigenvalue weighted by atomic mass is 10.1. The molecule has 1 aliphatic heterocycles. The van der Waals surface area contributed by atoms with Gasteiger partial charge in [0.05, 0.1) is 11.7 Å². The number of hydrogen-bond donors (Lipinski definition) is 1. The summed E-state index contributed by atoms with van der Waals surface area (Å²) in [7, 11) is 0. The second-order valence-corrected chi connectivity index (χ2v) is 6.35. The minimum absolute atomic E-state index is 0.132. The molecular weight excluding hydrogens is 200 g/mol. The van der Waals surface area contributed by atoms with E-state index in [1.165, 1.54) is 6.42 Å². The maximum atomic E-state index is 12.3. The van der Waals surface area contributed by atoms with E-state index in [1.807, 2.05) is 0 Å². The first kappa shape index (κ1) is 10.6. The standard InChI is InChI=1S/C13H22N2O/c1-8(2)11-14-13(4-5-13)12(16)15(11)7-10-6-9(10)3/h8-11,14H,4-7H2,1-3H3. The average Bonchev–Trinajstić information content (AvgIpc) is 3.08. The van der Waals surface area contributed by atoms with Gasteiger partial charge in [0.1, 0.15) is 0 Å². The highest BCUT2D eigenvalue weighted by molar-refractivity contribution is 5.91. The van der Waals surface area contributed by atoms with Crippen LogP contribution in [0, 0.1) is 17.8 Å². The molecule has 3 atom stereocenters. The predicted octanol–water partition coefficient (Wildman–Crippen LogP) is 1.59. The van der Waals surface area contributed by atoms with Gasteiger partial charge >= 0.3 is 0 Å². The Hall–Kier alpha value is -0.570. The lowest BCUT2D eigenvalue weighted by Crippen LogP contribution is -2.42. The van der Waals surface area contributed by atoms with E-state index in [0.717, 1.165) is 31.2 Å². The zero-order valence-corrected chi connectivity index (χ0v) is 10.5. The Kier molecular flexibility index (Phi) is 2.13. The van der Waals surface area contributed by atoms with Gasteiger partial charge in [-0.05, 0) is 37.0 Å². The fourth-order valence-corrected chi connectivity index (χ4v) is 2.94. The van der Waals surface area contributed by atoms with Crippen molar-refractivity contribution in [2.75, 3.05) is 6.54 Å². The Balaban J connectivity index is 1.74. The second kappa shape index (κ2) is 3.22. The Morgan fingerprint density at radius 1 is 1.50 bits per heavy atom. The average molecular weight is 222 g/mol. The Bertz CT molecular complexity index is 322. The number of rotatable bonds is 3. The van der Waals surface area contributed by atoms with Crippen LogP contribution in [0.25, 0.3) is 0 Å². The molecule has 0 aromatic heterocycles. The third-order valence-electron chi connectivity index (χ3n) is 4.52. The van der Waals surface area contributed by atoms with Crippen molar-refractivity contribution < 1.29 is 4.79 Å². The first-order valence-corrected chi connectivity index (χ1v) is 6.62. The van der Waals surface area contributed by atoms with Gasteiger partial charge < -0.3 is 4.90 Å². The van der Waals surface area contributed by atoms with Crippen LogP contribution in [0.1, 0.15) is 40.0 Å². The SMILES string of the molecule is CC(C)C1NC2(CC2)C(=O)N1CC1CC1C. The van der Waals surface area contributed by atoms with Crippen molar-refractivity contribution in [1.82, 2.24) is 10.2 Å². The molecule has 1 N–H and O–H groups in total. The van der Waals surface area contributed by atoms with Gasteiger partial charge in [0.25, 0.3) is 0 Å². The topological polar surface area (TPSA) is 32.3 Å². The summed E-state index contributed by atoms with van der Waals surface area (Å²) in [5.74, 6) is 2.49. The van der Waals surface area contributed by atoms with Gasteiger partial charge in [-0.15, -0.1) is 0 Å². The van der Waals surface area contributed by atoms with Crippen molar-refractivity contribution in [1.29, 1.82) is 0 Å². The lowest BCUT2D eigenvalue weighted by Gasteiger charge is -2.27. The van der Waals surface area contributed by atoms with Gasteiger partial charge in [0.2, 0.25) is 5.91 Å². The van der Waals surface area contributed by atoms with Crippen molar-refractivity contribution in [2.45, 2.75) is 51.7 Å². The number of carbonyl (C=O) groups excluding carboxylic acids is 1. The van der Waals surface area contributed by atoms with E-state index in [4.69, 9.17) is 0 Å². The smallest absolute Gasteiger partial charge is 0.244 e. The molecule has 16 heavy (non-hydrogen) atoms. The third kappa shape index (κ3) is 1.48. The van der Waals surface area contributed by atoms with E-state index in [-0.39, 0.29) is 11.7 Å². The molecule has 1 spiro atoms. The van der Waals surface area contributed by atoms with Crippen LogP contribution in [0.2, 0.25) is 0 Å². The first-order chi connectivity index (χ1) is 7.53. The summed E-state index contributed by atoms with van der Waals surface area (Å²) in [4.78, 5) is 14.5. The van der Waals surface area contributed by atoms with Crippen molar-refractivity contribution in [3.05, 3.63) is 0 Å². The highest BCUT2D eigenvalue weighted by atomic mass is 16.2. The van der Waals surface area contributed by atoms with Crippen molar-refractivity contribution in [3.63, 3.8) is 0 Å². The van der Waals surface area contributed by atoms with E-state index in [2.05, 4.69) is 31.0 Å². The molecule has 0 aromatic rings. The summed E-state index contributed by atoms with van der Waals surface area (Å²) < 4.78 is 0. The summed E-state index contributed by atoms with van der Waals surface area (Å²) in [6.07, 6.45) is 3.68. The van der Waals surface area contributed by atoms with Crippen molar-refractivity contribution >= 4 is 5.91 Å². The number of hydrogen-bond acceptors (Lipinski definition) is 2. The highest BCUT2D eigenvalue weighted by Crippen LogP contribution is 2.46. The molecule has 3 rings (SSSR count). The quantitative estimate of drug-likeness (QED) is 0.786. The molecule has 3 aliphatic rings. The summed E-state index contributed by atoms with van der Waals surface area (Å²) in [6.45, 7) is 7.68. The first-order valence-electron chi connectivity index (χ1n) is 6.62. The van der Waals surface area contributed by atoms with Crippen LogP contribution in [0.3, 0.4) is 0 Å².